The van der Waals surface area contributed by atoms with Crippen molar-refractivity contribution in [1.29, 1.82) is 5.26 Å². The third kappa shape index (κ3) is 5.49. The standard InChI is InChI=1S/C22H23IN2O3/c1-5-8-28-21-18(23)11-16(12-20(21)27-4)10-17(13-24)22(26)25-19-7-6-14(2)9-15(19)3/h6-7,9-12H,5,8H2,1-4H3,(H,25,26)/b17-10-. The van der Waals surface area contributed by atoms with E-state index in [0.717, 1.165) is 21.1 Å². The fraction of sp³-hybridized carbons (Fsp3) is 0.273. The minimum atomic E-state index is -0.449. The Morgan fingerprint density at radius 3 is 2.64 bits per heavy atom. The molecule has 5 nitrogen and oxygen atoms in total. The van der Waals surface area contributed by atoms with Crippen LogP contribution in [-0.4, -0.2) is 19.6 Å². The lowest BCUT2D eigenvalue weighted by atomic mass is 10.1. The number of anilines is 1. The van der Waals surface area contributed by atoms with Crippen LogP contribution in [0.1, 0.15) is 30.0 Å². The first-order valence-corrected chi connectivity index (χ1v) is 9.98. The number of carbonyl (C=O) groups excluding carboxylic acids is 1. The van der Waals surface area contributed by atoms with Crippen LogP contribution in [-0.2, 0) is 4.79 Å². The molecule has 0 bridgehead atoms. The molecule has 0 unspecified atom stereocenters. The van der Waals surface area contributed by atoms with Crippen molar-refractivity contribution in [2.45, 2.75) is 27.2 Å². The second-order valence-electron chi connectivity index (χ2n) is 6.32. The zero-order valence-corrected chi connectivity index (χ0v) is 18.6. The van der Waals surface area contributed by atoms with E-state index in [1.165, 1.54) is 0 Å². The molecular formula is C22H23IN2O3. The number of rotatable bonds is 7. The van der Waals surface area contributed by atoms with Gasteiger partial charge in [-0.3, -0.25) is 4.79 Å². The summed E-state index contributed by atoms with van der Waals surface area (Å²) in [5.74, 6) is 0.786. The Hall–Kier alpha value is -2.53. The topological polar surface area (TPSA) is 71.3 Å². The lowest BCUT2D eigenvalue weighted by molar-refractivity contribution is -0.112. The third-order valence-electron chi connectivity index (χ3n) is 4.01. The summed E-state index contributed by atoms with van der Waals surface area (Å²) < 4.78 is 12.0. The van der Waals surface area contributed by atoms with Crippen LogP contribution in [0.3, 0.4) is 0 Å². The molecule has 2 rings (SSSR count). The highest BCUT2D eigenvalue weighted by Gasteiger charge is 2.14. The van der Waals surface area contributed by atoms with E-state index in [0.29, 0.717) is 29.4 Å². The molecule has 6 heteroatoms. The second kappa shape index (κ2) is 10.1. The van der Waals surface area contributed by atoms with Crippen LogP contribution in [0.15, 0.2) is 35.9 Å². The van der Waals surface area contributed by atoms with E-state index in [1.54, 1.807) is 19.3 Å². The Kier molecular flexibility index (Phi) is 7.88. The maximum absolute atomic E-state index is 12.6. The molecule has 0 aliphatic heterocycles. The molecule has 2 aromatic rings. The Bertz CT molecular complexity index is 946. The SMILES string of the molecule is CCCOc1c(I)cc(/C=C(/C#N)C(=O)Nc2ccc(C)cc2C)cc1OC. The molecule has 28 heavy (non-hydrogen) atoms. The number of methoxy groups -OCH3 is 1. The number of nitrogens with one attached hydrogen (secondary N) is 1. The van der Waals surface area contributed by atoms with Gasteiger partial charge >= 0.3 is 0 Å². The average molecular weight is 490 g/mol. The van der Waals surface area contributed by atoms with Crippen LogP contribution in [0.5, 0.6) is 11.5 Å². The summed E-state index contributed by atoms with van der Waals surface area (Å²) in [5.41, 5.74) is 3.45. The molecule has 0 atom stereocenters. The summed E-state index contributed by atoms with van der Waals surface area (Å²) in [7, 11) is 1.57. The number of nitrogens with zero attached hydrogens (tertiary/aromatic N) is 1. The first-order chi connectivity index (χ1) is 13.4. The molecule has 0 saturated carbocycles. The van der Waals surface area contributed by atoms with Gasteiger partial charge in [0.05, 0.1) is 17.3 Å². The van der Waals surface area contributed by atoms with Crippen LogP contribution in [0, 0.1) is 28.7 Å². The predicted molar refractivity (Wildman–Crippen MR) is 120 cm³/mol. The highest BCUT2D eigenvalue weighted by atomic mass is 127. The van der Waals surface area contributed by atoms with Crippen molar-refractivity contribution in [2.75, 3.05) is 19.0 Å². The van der Waals surface area contributed by atoms with Crippen molar-refractivity contribution in [3.8, 4) is 17.6 Å². The number of carbonyl (C=O) groups is 1. The van der Waals surface area contributed by atoms with E-state index < -0.39 is 5.91 Å². The highest BCUT2D eigenvalue weighted by Crippen LogP contribution is 2.34. The number of nitriles is 1. The predicted octanol–water partition coefficient (Wildman–Crippen LogP) is 5.25. The Balaban J connectivity index is 2.31. The molecule has 2 aromatic carbocycles. The zero-order chi connectivity index (χ0) is 20.7. The van der Waals surface area contributed by atoms with Gasteiger partial charge < -0.3 is 14.8 Å². The molecule has 0 aliphatic rings. The van der Waals surface area contributed by atoms with Gasteiger partial charge in [0, 0.05) is 5.69 Å². The maximum atomic E-state index is 12.6. The Labute approximate surface area is 179 Å². The number of halogens is 1. The van der Waals surface area contributed by atoms with Crippen LogP contribution in [0.25, 0.3) is 6.08 Å². The van der Waals surface area contributed by atoms with Crippen molar-refractivity contribution in [2.24, 2.45) is 0 Å². The molecular weight excluding hydrogens is 467 g/mol. The molecule has 146 valence electrons. The van der Waals surface area contributed by atoms with Crippen LogP contribution >= 0.6 is 22.6 Å². The summed E-state index contributed by atoms with van der Waals surface area (Å²) in [6.07, 6.45) is 2.44. The van der Waals surface area contributed by atoms with E-state index in [9.17, 15) is 10.1 Å². The summed E-state index contributed by atoms with van der Waals surface area (Å²) >= 11 is 2.16. The molecule has 0 heterocycles. The largest absolute Gasteiger partial charge is 0.493 e. The van der Waals surface area contributed by atoms with Gasteiger partial charge in [-0.2, -0.15) is 5.26 Å². The van der Waals surface area contributed by atoms with Crippen molar-refractivity contribution in [3.63, 3.8) is 0 Å². The van der Waals surface area contributed by atoms with E-state index in [2.05, 4.69) is 27.9 Å². The number of ether oxygens (including phenoxy) is 2. The van der Waals surface area contributed by atoms with Gasteiger partial charge in [-0.25, -0.2) is 0 Å². The van der Waals surface area contributed by atoms with E-state index in [1.807, 2.05) is 51.1 Å². The van der Waals surface area contributed by atoms with Gasteiger partial charge in [-0.1, -0.05) is 24.6 Å². The second-order valence-corrected chi connectivity index (χ2v) is 7.49. The fourth-order valence-electron chi connectivity index (χ4n) is 2.63. The maximum Gasteiger partial charge on any atom is 0.266 e. The molecule has 0 fully saturated rings. The van der Waals surface area contributed by atoms with Gasteiger partial charge in [0.25, 0.3) is 5.91 Å². The van der Waals surface area contributed by atoms with Gasteiger partial charge in [-0.05, 0) is 78.3 Å². The first kappa shape index (κ1) is 21.8. The van der Waals surface area contributed by atoms with Crippen molar-refractivity contribution >= 4 is 40.3 Å². The lowest BCUT2D eigenvalue weighted by Gasteiger charge is -2.13. The minimum Gasteiger partial charge on any atom is -0.493 e. The molecule has 0 radical (unpaired) electrons. The molecule has 0 aromatic heterocycles. The summed E-state index contributed by atoms with van der Waals surface area (Å²) in [6, 6.07) is 11.3. The average Bonchev–Trinajstić information content (AvgIpc) is 2.66. The molecule has 0 saturated heterocycles. The van der Waals surface area contributed by atoms with Gasteiger partial charge in [0.15, 0.2) is 11.5 Å². The van der Waals surface area contributed by atoms with Gasteiger partial charge in [-0.15, -0.1) is 0 Å². The Morgan fingerprint density at radius 2 is 2.04 bits per heavy atom. The number of hydrogen-bond acceptors (Lipinski definition) is 4. The monoisotopic (exact) mass is 490 g/mol. The molecule has 0 spiro atoms. The first-order valence-electron chi connectivity index (χ1n) is 8.90. The number of benzene rings is 2. The smallest absolute Gasteiger partial charge is 0.266 e. The van der Waals surface area contributed by atoms with Crippen LogP contribution in [0.4, 0.5) is 5.69 Å². The Morgan fingerprint density at radius 1 is 1.29 bits per heavy atom. The number of hydrogen-bond donors (Lipinski definition) is 1. The highest BCUT2D eigenvalue weighted by molar-refractivity contribution is 14.1. The van der Waals surface area contributed by atoms with E-state index in [-0.39, 0.29) is 5.57 Å². The fourth-order valence-corrected chi connectivity index (χ4v) is 3.41. The van der Waals surface area contributed by atoms with Crippen molar-refractivity contribution in [3.05, 3.63) is 56.2 Å². The van der Waals surface area contributed by atoms with Crippen LogP contribution in [0.2, 0.25) is 0 Å². The molecule has 1 N–H and O–H groups in total. The van der Waals surface area contributed by atoms with E-state index >= 15 is 0 Å². The van der Waals surface area contributed by atoms with Gasteiger partial charge in [0.1, 0.15) is 11.6 Å². The summed E-state index contributed by atoms with van der Waals surface area (Å²) in [6.45, 7) is 6.52. The molecule has 1 amide bonds. The summed E-state index contributed by atoms with van der Waals surface area (Å²) in [5, 5.41) is 12.3. The molecule has 0 aliphatic carbocycles. The van der Waals surface area contributed by atoms with E-state index in [4.69, 9.17) is 9.47 Å². The quantitative estimate of drug-likeness (QED) is 0.327. The summed E-state index contributed by atoms with van der Waals surface area (Å²) in [4.78, 5) is 12.6. The minimum absolute atomic E-state index is 0.0139. The van der Waals surface area contributed by atoms with Crippen molar-refractivity contribution in [1.82, 2.24) is 0 Å². The normalized spacial score (nSPS) is 10.9. The van der Waals surface area contributed by atoms with Crippen LogP contribution < -0.4 is 14.8 Å². The zero-order valence-electron chi connectivity index (χ0n) is 16.4. The number of aryl methyl sites for hydroxylation is 2. The van der Waals surface area contributed by atoms with Crippen molar-refractivity contribution < 1.29 is 14.3 Å². The third-order valence-corrected chi connectivity index (χ3v) is 4.81. The van der Waals surface area contributed by atoms with Gasteiger partial charge in [0.2, 0.25) is 0 Å². The number of amides is 1. The lowest BCUT2D eigenvalue weighted by Crippen LogP contribution is -2.14.